The Kier molecular flexibility index (Phi) is 15.6. The van der Waals surface area contributed by atoms with Crippen LogP contribution in [-0.2, 0) is 19.1 Å². The van der Waals surface area contributed by atoms with Gasteiger partial charge in [-0.25, -0.2) is 4.79 Å². The van der Waals surface area contributed by atoms with Crippen molar-refractivity contribution in [2.75, 3.05) is 41.3 Å². The Morgan fingerprint density at radius 3 is 2.24 bits per heavy atom. The number of hydrogen-bond donors (Lipinski definition) is 5. The molecule has 0 aromatic heterocycles. The highest BCUT2D eigenvalue weighted by Crippen LogP contribution is 2.09. The van der Waals surface area contributed by atoms with E-state index < -0.39 is 35.6 Å². The van der Waals surface area contributed by atoms with Gasteiger partial charge in [0.15, 0.2) is 5.96 Å². The normalized spacial score (nSPS) is 13.1. The van der Waals surface area contributed by atoms with E-state index in [4.69, 9.17) is 15.9 Å². The fraction of sp³-hybridized carbons (Fsp3) is 0.750. The third-order valence-electron chi connectivity index (χ3n) is 5.08. The van der Waals surface area contributed by atoms with Crippen LogP contribution in [0.4, 0.5) is 4.79 Å². The number of rotatable bonds is 15. The molecule has 13 nitrogen and oxygen atoms in total. The largest absolute Gasteiger partial charge is 0.444 e. The first-order chi connectivity index (χ1) is 17.2. The summed E-state index contributed by atoms with van der Waals surface area (Å²) in [7, 11) is 7.46. The molecule has 212 valence electrons. The lowest BCUT2D eigenvalue weighted by Crippen LogP contribution is -2.50. The van der Waals surface area contributed by atoms with Gasteiger partial charge in [0.1, 0.15) is 17.9 Å². The van der Waals surface area contributed by atoms with Crippen molar-refractivity contribution in [3.8, 4) is 0 Å². The average Bonchev–Trinajstić information content (AvgIpc) is 2.77. The maximum atomic E-state index is 12.8. The molecular formula is C24H46N8O5. The first-order valence-electron chi connectivity index (χ1n) is 12.4. The predicted molar refractivity (Wildman–Crippen MR) is 143 cm³/mol. The van der Waals surface area contributed by atoms with Gasteiger partial charge in [0.2, 0.25) is 11.8 Å². The topological polar surface area (TPSA) is 182 Å². The van der Waals surface area contributed by atoms with E-state index in [0.29, 0.717) is 44.9 Å². The Labute approximate surface area is 220 Å². The quantitative estimate of drug-likeness (QED) is 0.0881. The van der Waals surface area contributed by atoms with E-state index in [2.05, 4.69) is 20.9 Å². The van der Waals surface area contributed by atoms with Crippen LogP contribution >= 0.6 is 0 Å². The van der Waals surface area contributed by atoms with E-state index >= 15 is 0 Å². The van der Waals surface area contributed by atoms with Gasteiger partial charge < -0.3 is 41.0 Å². The summed E-state index contributed by atoms with van der Waals surface area (Å²) in [6.07, 6.45) is 2.71. The zero-order valence-corrected chi connectivity index (χ0v) is 23.3. The zero-order chi connectivity index (χ0) is 28.6. The maximum absolute atomic E-state index is 12.8. The lowest BCUT2D eigenvalue weighted by atomic mass is 10.1. The van der Waals surface area contributed by atoms with E-state index in [1.54, 1.807) is 27.8 Å². The number of carbonyl (C=O) groups is 4. The van der Waals surface area contributed by atoms with Crippen LogP contribution in [0.3, 0.4) is 0 Å². The van der Waals surface area contributed by atoms with Crippen molar-refractivity contribution >= 4 is 36.0 Å². The SMILES string of the molecule is CN=C(N(C)C)N(C)CCCC[C@@H](NC(=O)OC(C)(C)C)C(=O)NCC(=O)N[C@H](C=O)CCCC(=N)N. The number of nitrogens with zero attached hydrogens (tertiary/aromatic N) is 3. The van der Waals surface area contributed by atoms with Crippen LogP contribution in [0, 0.1) is 5.41 Å². The van der Waals surface area contributed by atoms with Gasteiger partial charge in [0, 0.05) is 41.2 Å². The molecule has 3 amide bonds. The standard InChI is InChI=1S/C24H46N8O5/c1-24(2,3)37-23(36)30-18(12-8-9-14-32(7)22(27-4)31(5)6)21(35)28-15-20(34)29-17(16-33)11-10-13-19(25)26/h16-18H,8-15H2,1-7H3,(H3,25,26)(H,28,35)(H,29,34)(H,30,36)/t17-,18+/m0/s1. The average molecular weight is 527 g/mol. The molecule has 37 heavy (non-hydrogen) atoms. The fourth-order valence-electron chi connectivity index (χ4n) is 3.46. The number of hydrogen-bond acceptors (Lipinski definition) is 7. The number of amides is 3. The molecule has 0 aliphatic carbocycles. The number of unbranched alkanes of at least 4 members (excludes halogenated alkanes) is 1. The summed E-state index contributed by atoms with van der Waals surface area (Å²) in [6.45, 7) is 5.51. The van der Waals surface area contributed by atoms with Crippen LogP contribution in [0.1, 0.15) is 59.3 Å². The highest BCUT2D eigenvalue weighted by atomic mass is 16.6. The lowest BCUT2D eigenvalue weighted by molar-refractivity contribution is -0.128. The molecule has 6 N–H and O–H groups in total. The Bertz CT molecular complexity index is 794. The fourth-order valence-corrected chi connectivity index (χ4v) is 3.46. The van der Waals surface area contributed by atoms with Gasteiger partial charge in [-0.3, -0.25) is 20.0 Å². The van der Waals surface area contributed by atoms with Gasteiger partial charge in [-0.2, -0.15) is 0 Å². The number of aliphatic imine (C=N–C) groups is 1. The van der Waals surface area contributed by atoms with Gasteiger partial charge >= 0.3 is 6.09 Å². The number of nitrogens with two attached hydrogens (primary N) is 1. The van der Waals surface area contributed by atoms with E-state index in [0.717, 1.165) is 12.4 Å². The summed E-state index contributed by atoms with van der Waals surface area (Å²) in [5.74, 6) is -0.240. The van der Waals surface area contributed by atoms with Gasteiger partial charge in [-0.15, -0.1) is 0 Å². The molecule has 0 spiro atoms. The molecular weight excluding hydrogens is 480 g/mol. The Morgan fingerprint density at radius 2 is 1.73 bits per heavy atom. The molecule has 0 aliphatic rings. The highest BCUT2D eigenvalue weighted by molar-refractivity contribution is 5.90. The van der Waals surface area contributed by atoms with Crippen LogP contribution in [0.15, 0.2) is 4.99 Å². The van der Waals surface area contributed by atoms with Gasteiger partial charge in [0.25, 0.3) is 0 Å². The van der Waals surface area contributed by atoms with Crippen molar-refractivity contribution in [3.05, 3.63) is 0 Å². The monoisotopic (exact) mass is 526 g/mol. The number of carbonyl (C=O) groups excluding carboxylic acids is 4. The van der Waals surface area contributed by atoms with E-state index in [9.17, 15) is 19.2 Å². The number of aldehydes is 1. The molecule has 0 bridgehead atoms. The molecule has 2 atom stereocenters. The number of alkyl carbamates (subject to hydrolysis) is 1. The number of amidine groups is 1. The smallest absolute Gasteiger partial charge is 0.408 e. The summed E-state index contributed by atoms with van der Waals surface area (Å²) in [4.78, 5) is 56.8. The molecule has 0 saturated heterocycles. The molecule has 0 aliphatic heterocycles. The second kappa shape index (κ2) is 17.1. The Balaban J connectivity index is 4.95. The molecule has 0 radical (unpaired) electrons. The summed E-state index contributed by atoms with van der Waals surface area (Å²) < 4.78 is 5.28. The second-order valence-electron chi connectivity index (χ2n) is 9.98. The lowest BCUT2D eigenvalue weighted by Gasteiger charge is -2.26. The molecule has 0 fully saturated rings. The second-order valence-corrected chi connectivity index (χ2v) is 9.98. The van der Waals surface area contributed by atoms with E-state index in [-0.39, 0.29) is 12.4 Å². The van der Waals surface area contributed by atoms with E-state index in [1.165, 1.54) is 0 Å². The number of ether oxygens (including phenoxy) is 1. The van der Waals surface area contributed by atoms with Crippen LogP contribution in [0.5, 0.6) is 0 Å². The molecule has 13 heteroatoms. The third kappa shape index (κ3) is 16.1. The number of nitrogens with one attached hydrogen (secondary N) is 4. The van der Waals surface area contributed by atoms with Crippen molar-refractivity contribution < 1.29 is 23.9 Å². The first-order valence-corrected chi connectivity index (χ1v) is 12.4. The van der Waals surface area contributed by atoms with Gasteiger partial charge in [-0.05, 0) is 52.9 Å². The van der Waals surface area contributed by atoms with Gasteiger partial charge in [0.05, 0.1) is 18.4 Å². The molecule has 0 heterocycles. The first kappa shape index (κ1) is 33.6. The van der Waals surface area contributed by atoms with Crippen LogP contribution < -0.4 is 21.7 Å². The predicted octanol–water partition coefficient (Wildman–Crippen LogP) is 0.435. The summed E-state index contributed by atoms with van der Waals surface area (Å²) in [5.41, 5.74) is 4.57. The van der Waals surface area contributed by atoms with Gasteiger partial charge in [-0.1, -0.05) is 0 Å². The van der Waals surface area contributed by atoms with Crippen molar-refractivity contribution in [1.29, 1.82) is 5.41 Å². The zero-order valence-electron chi connectivity index (χ0n) is 23.3. The summed E-state index contributed by atoms with van der Waals surface area (Å²) in [6, 6.07) is -1.64. The minimum atomic E-state index is -0.904. The maximum Gasteiger partial charge on any atom is 0.408 e. The molecule has 0 aromatic rings. The summed E-state index contributed by atoms with van der Waals surface area (Å²) >= 11 is 0. The molecule has 0 saturated carbocycles. The third-order valence-corrected chi connectivity index (χ3v) is 5.08. The van der Waals surface area contributed by atoms with Crippen LogP contribution in [0.25, 0.3) is 0 Å². The van der Waals surface area contributed by atoms with Crippen molar-refractivity contribution in [1.82, 2.24) is 25.8 Å². The minimum Gasteiger partial charge on any atom is -0.444 e. The van der Waals surface area contributed by atoms with E-state index in [1.807, 2.05) is 30.9 Å². The minimum absolute atomic E-state index is 0.00930. The van der Waals surface area contributed by atoms with Crippen LogP contribution in [0.2, 0.25) is 0 Å². The summed E-state index contributed by atoms with van der Waals surface area (Å²) in [5, 5.41) is 14.9. The molecule has 0 rings (SSSR count). The van der Waals surface area contributed by atoms with Crippen molar-refractivity contribution in [2.45, 2.75) is 77.0 Å². The van der Waals surface area contributed by atoms with Crippen molar-refractivity contribution in [2.24, 2.45) is 10.7 Å². The van der Waals surface area contributed by atoms with Crippen molar-refractivity contribution in [3.63, 3.8) is 0 Å². The Morgan fingerprint density at radius 1 is 1.08 bits per heavy atom. The Hall–Kier alpha value is -3.38. The van der Waals surface area contributed by atoms with Crippen LogP contribution in [-0.4, -0.2) is 105 Å². The molecule has 0 aromatic carbocycles. The number of guanidine groups is 1. The highest BCUT2D eigenvalue weighted by Gasteiger charge is 2.25. The molecule has 0 unspecified atom stereocenters.